The number of ether oxygens (including phenoxy) is 1. The molecule has 5 nitrogen and oxygen atoms in total. The highest BCUT2D eigenvalue weighted by Gasteiger charge is 2.33. The van der Waals surface area contributed by atoms with E-state index in [0.717, 1.165) is 27.9 Å². The molecular formula is C27H23ClN2O3S2. The summed E-state index contributed by atoms with van der Waals surface area (Å²) in [5, 5.41) is 3.52. The largest absolute Gasteiger partial charge is 0.484 e. The van der Waals surface area contributed by atoms with E-state index in [1.165, 1.54) is 16.7 Å². The fraction of sp³-hybridized carbons (Fsp3) is 0.148. The third kappa shape index (κ3) is 5.93. The van der Waals surface area contributed by atoms with Crippen LogP contribution in [-0.2, 0) is 9.59 Å². The first-order chi connectivity index (χ1) is 16.7. The monoisotopic (exact) mass is 522 g/mol. The molecule has 0 spiro atoms. The van der Waals surface area contributed by atoms with Crippen LogP contribution in [0.3, 0.4) is 0 Å². The van der Waals surface area contributed by atoms with E-state index in [9.17, 15) is 9.59 Å². The lowest BCUT2D eigenvalue weighted by atomic mass is 10.1. The van der Waals surface area contributed by atoms with Crippen molar-refractivity contribution in [1.82, 2.24) is 0 Å². The predicted octanol–water partition coefficient (Wildman–Crippen LogP) is 6.69. The van der Waals surface area contributed by atoms with Crippen LogP contribution in [0.25, 0.3) is 6.08 Å². The minimum absolute atomic E-state index is 0.130. The number of amides is 2. The fourth-order valence-corrected chi connectivity index (χ4v) is 5.25. The Morgan fingerprint density at radius 2 is 1.77 bits per heavy atom. The Balaban J connectivity index is 1.43. The van der Waals surface area contributed by atoms with Gasteiger partial charge in [0.05, 0.1) is 10.6 Å². The van der Waals surface area contributed by atoms with Gasteiger partial charge in [-0.1, -0.05) is 65.4 Å². The third-order valence-corrected chi connectivity index (χ3v) is 6.90. The van der Waals surface area contributed by atoms with Crippen molar-refractivity contribution < 1.29 is 14.3 Å². The summed E-state index contributed by atoms with van der Waals surface area (Å²) in [5.74, 6) is 0.0885. The summed E-state index contributed by atoms with van der Waals surface area (Å²) in [7, 11) is 0. The molecule has 35 heavy (non-hydrogen) atoms. The number of carbonyl (C=O) groups excluding carboxylic acids is 2. The number of thiocarbonyl (C=S) groups is 1. The second-order valence-corrected chi connectivity index (χ2v) is 10.3. The second-order valence-electron chi connectivity index (χ2n) is 8.18. The molecule has 1 fully saturated rings. The van der Waals surface area contributed by atoms with Crippen LogP contribution >= 0.6 is 35.6 Å². The van der Waals surface area contributed by atoms with Crippen molar-refractivity contribution in [3.05, 3.63) is 92.8 Å². The first-order valence-corrected chi connectivity index (χ1v) is 12.5. The Bertz CT molecular complexity index is 1330. The standard InChI is InChI=1S/C27H23ClN2O3S2/c1-16-11-17(2)25(18(3)12-16)29-24(31)15-33-22-6-4-5-19(13-22)14-23-26(32)30(27(34)35-23)21-9-7-20(28)8-10-21/h4-14H,15H2,1-3H3,(H,29,31)/b23-14-. The molecule has 3 aromatic carbocycles. The van der Waals surface area contributed by atoms with E-state index in [1.54, 1.807) is 42.5 Å². The molecule has 8 heteroatoms. The SMILES string of the molecule is Cc1cc(C)c(NC(=O)COc2cccc(/C=C3\SC(=S)N(c4ccc(Cl)cc4)C3=O)c2)c(C)c1. The molecule has 0 aromatic heterocycles. The summed E-state index contributed by atoms with van der Waals surface area (Å²) >= 11 is 12.6. The molecule has 1 aliphatic heterocycles. The van der Waals surface area contributed by atoms with Crippen molar-refractivity contribution in [2.75, 3.05) is 16.8 Å². The number of hydrogen-bond donors (Lipinski definition) is 1. The van der Waals surface area contributed by atoms with Gasteiger partial charge in [-0.3, -0.25) is 14.5 Å². The Hall–Kier alpha value is -3.13. The second kappa shape index (κ2) is 10.6. The molecule has 0 saturated carbocycles. The Morgan fingerprint density at radius 3 is 2.46 bits per heavy atom. The van der Waals surface area contributed by atoms with Crippen LogP contribution in [0.1, 0.15) is 22.3 Å². The van der Waals surface area contributed by atoms with Crippen molar-refractivity contribution in [3.8, 4) is 5.75 Å². The maximum Gasteiger partial charge on any atom is 0.270 e. The minimum atomic E-state index is -0.241. The number of nitrogens with one attached hydrogen (secondary N) is 1. The van der Waals surface area contributed by atoms with Crippen molar-refractivity contribution in [1.29, 1.82) is 0 Å². The first-order valence-electron chi connectivity index (χ1n) is 10.9. The van der Waals surface area contributed by atoms with Gasteiger partial charge >= 0.3 is 0 Å². The van der Waals surface area contributed by atoms with E-state index in [2.05, 4.69) is 5.32 Å². The lowest BCUT2D eigenvalue weighted by Gasteiger charge is -2.14. The molecule has 1 heterocycles. The Labute approximate surface area is 219 Å². The molecule has 178 valence electrons. The molecule has 4 rings (SSSR count). The average molecular weight is 523 g/mol. The highest BCUT2D eigenvalue weighted by molar-refractivity contribution is 8.27. The van der Waals surface area contributed by atoms with E-state index in [1.807, 2.05) is 45.0 Å². The molecule has 1 saturated heterocycles. The molecule has 2 amide bonds. The molecule has 1 N–H and O–H groups in total. The van der Waals surface area contributed by atoms with Gasteiger partial charge in [-0.2, -0.15) is 0 Å². The van der Waals surface area contributed by atoms with Gasteiger partial charge in [0.1, 0.15) is 5.75 Å². The summed E-state index contributed by atoms with van der Waals surface area (Å²) in [6.45, 7) is 5.83. The molecular weight excluding hydrogens is 500 g/mol. The first kappa shape index (κ1) is 25.0. The summed E-state index contributed by atoms with van der Waals surface area (Å²) in [6, 6.07) is 18.2. The third-order valence-electron chi connectivity index (χ3n) is 5.35. The van der Waals surface area contributed by atoms with Crippen molar-refractivity contribution in [2.24, 2.45) is 0 Å². The van der Waals surface area contributed by atoms with Gasteiger partial charge in [0.2, 0.25) is 0 Å². The van der Waals surface area contributed by atoms with Crippen LogP contribution < -0.4 is 15.0 Å². The van der Waals surface area contributed by atoms with Crippen molar-refractivity contribution >= 4 is 69.2 Å². The van der Waals surface area contributed by atoms with Crippen LogP contribution in [0.2, 0.25) is 5.02 Å². The zero-order valence-electron chi connectivity index (χ0n) is 19.4. The maximum absolute atomic E-state index is 13.0. The van der Waals surface area contributed by atoms with Crippen LogP contribution in [0, 0.1) is 20.8 Å². The maximum atomic E-state index is 13.0. The number of halogens is 1. The summed E-state index contributed by atoms with van der Waals surface area (Å²) in [6.07, 6.45) is 1.77. The van der Waals surface area contributed by atoms with Crippen molar-refractivity contribution in [3.63, 3.8) is 0 Å². The van der Waals surface area contributed by atoms with Crippen LogP contribution in [0.4, 0.5) is 11.4 Å². The number of anilines is 2. The molecule has 0 bridgehead atoms. The van der Waals surface area contributed by atoms with E-state index < -0.39 is 0 Å². The van der Waals surface area contributed by atoms with Gasteiger partial charge in [0.15, 0.2) is 10.9 Å². The normalized spacial score (nSPS) is 14.5. The molecule has 0 aliphatic carbocycles. The van der Waals surface area contributed by atoms with Gasteiger partial charge in [0, 0.05) is 10.7 Å². The van der Waals surface area contributed by atoms with E-state index in [-0.39, 0.29) is 18.4 Å². The van der Waals surface area contributed by atoms with Gasteiger partial charge in [0.25, 0.3) is 11.8 Å². The lowest BCUT2D eigenvalue weighted by Crippen LogP contribution is -2.27. The summed E-state index contributed by atoms with van der Waals surface area (Å²) in [5.41, 5.74) is 5.41. The van der Waals surface area contributed by atoms with Crippen LogP contribution in [0.15, 0.2) is 65.6 Å². The van der Waals surface area contributed by atoms with E-state index >= 15 is 0 Å². The van der Waals surface area contributed by atoms with Gasteiger partial charge in [-0.15, -0.1) is 0 Å². The summed E-state index contributed by atoms with van der Waals surface area (Å²) < 4.78 is 6.17. The number of rotatable bonds is 6. The lowest BCUT2D eigenvalue weighted by molar-refractivity contribution is -0.118. The smallest absolute Gasteiger partial charge is 0.270 e. The average Bonchev–Trinajstić information content (AvgIpc) is 3.08. The zero-order valence-corrected chi connectivity index (χ0v) is 21.8. The predicted molar refractivity (Wildman–Crippen MR) is 148 cm³/mol. The number of nitrogens with zero attached hydrogens (tertiary/aromatic N) is 1. The minimum Gasteiger partial charge on any atom is -0.484 e. The molecule has 0 unspecified atom stereocenters. The Morgan fingerprint density at radius 1 is 1.09 bits per heavy atom. The van der Waals surface area contributed by atoms with Gasteiger partial charge in [-0.25, -0.2) is 0 Å². The number of thioether (sulfide) groups is 1. The quantitative estimate of drug-likeness (QED) is 0.289. The van der Waals surface area contributed by atoms with E-state index in [4.69, 9.17) is 28.6 Å². The highest BCUT2D eigenvalue weighted by Crippen LogP contribution is 2.36. The zero-order chi connectivity index (χ0) is 25.1. The van der Waals surface area contributed by atoms with Gasteiger partial charge < -0.3 is 10.1 Å². The van der Waals surface area contributed by atoms with Crippen LogP contribution in [-0.4, -0.2) is 22.7 Å². The van der Waals surface area contributed by atoms with E-state index in [0.29, 0.717) is 25.7 Å². The number of hydrogen-bond acceptors (Lipinski definition) is 5. The number of benzene rings is 3. The number of carbonyl (C=O) groups is 2. The van der Waals surface area contributed by atoms with Gasteiger partial charge in [-0.05, 0) is 79.9 Å². The fourth-order valence-electron chi connectivity index (χ4n) is 3.83. The van der Waals surface area contributed by atoms with Crippen molar-refractivity contribution in [2.45, 2.75) is 20.8 Å². The highest BCUT2D eigenvalue weighted by atomic mass is 35.5. The summed E-state index contributed by atoms with van der Waals surface area (Å²) in [4.78, 5) is 27.5. The molecule has 1 aliphatic rings. The molecule has 0 radical (unpaired) electrons. The molecule has 3 aromatic rings. The molecule has 0 atom stereocenters. The Kier molecular flexibility index (Phi) is 7.60. The number of aryl methyl sites for hydroxylation is 3. The van der Waals surface area contributed by atoms with Crippen LogP contribution in [0.5, 0.6) is 5.75 Å². The topological polar surface area (TPSA) is 58.6 Å².